The summed E-state index contributed by atoms with van der Waals surface area (Å²) in [6, 6.07) is 11.4. The van der Waals surface area contributed by atoms with Crippen molar-refractivity contribution in [3.63, 3.8) is 0 Å². The van der Waals surface area contributed by atoms with Gasteiger partial charge in [0.15, 0.2) is 0 Å². The Bertz CT molecular complexity index is 977. The van der Waals surface area contributed by atoms with Gasteiger partial charge in [-0.15, -0.1) is 0 Å². The van der Waals surface area contributed by atoms with Crippen LogP contribution in [0.1, 0.15) is 17.6 Å². The maximum absolute atomic E-state index is 12.5. The van der Waals surface area contributed by atoms with E-state index in [2.05, 4.69) is 30.3 Å². The van der Waals surface area contributed by atoms with E-state index in [0.29, 0.717) is 35.1 Å². The van der Waals surface area contributed by atoms with Gasteiger partial charge in [-0.2, -0.15) is 0 Å². The SMILES string of the molecule is Cn1c(=O)n2n(c1=O)C1[C@@H]3[C@@H]4C2[C@@H]2C4C3(c3ccccc3)[C@H]12. The molecule has 0 radical (unpaired) electrons. The van der Waals surface area contributed by atoms with E-state index in [-0.39, 0.29) is 17.4 Å². The van der Waals surface area contributed by atoms with Crippen LogP contribution in [0.15, 0.2) is 39.9 Å². The van der Waals surface area contributed by atoms with E-state index < -0.39 is 0 Å². The molecule has 4 atom stereocenters. The Kier molecular flexibility index (Phi) is 1.29. The second kappa shape index (κ2) is 2.66. The van der Waals surface area contributed by atoms with E-state index in [0.717, 1.165) is 5.92 Å². The highest BCUT2D eigenvalue weighted by Gasteiger charge is 2.97. The normalized spacial score (nSPS) is 50.1. The summed E-state index contributed by atoms with van der Waals surface area (Å²) in [5.41, 5.74) is 1.58. The highest BCUT2D eigenvalue weighted by molar-refractivity contribution is 5.54. The van der Waals surface area contributed by atoms with Crippen LogP contribution in [0.5, 0.6) is 0 Å². The Balaban J connectivity index is 1.49. The van der Waals surface area contributed by atoms with Crippen molar-refractivity contribution < 1.29 is 0 Å². The minimum Gasteiger partial charge on any atom is -0.246 e. The fraction of sp³-hybridized carbons (Fsp3) is 0.529. The Morgan fingerprint density at radius 3 is 2.09 bits per heavy atom. The van der Waals surface area contributed by atoms with Crippen molar-refractivity contribution in [1.82, 2.24) is 13.9 Å². The average Bonchev–Trinajstić information content (AvgIpc) is 2.73. The predicted molar refractivity (Wildman–Crippen MR) is 77.6 cm³/mol. The molecule has 0 saturated heterocycles. The van der Waals surface area contributed by atoms with Gasteiger partial charge in [0.05, 0.1) is 12.1 Å². The Hall–Kier alpha value is -2.04. The smallest absolute Gasteiger partial charge is 0.246 e. The number of hydrogen-bond acceptors (Lipinski definition) is 2. The minimum absolute atomic E-state index is 0.112. The van der Waals surface area contributed by atoms with Gasteiger partial charge in [-0.05, 0) is 35.2 Å². The van der Waals surface area contributed by atoms with Gasteiger partial charge in [0.1, 0.15) is 0 Å². The lowest BCUT2D eigenvalue weighted by Crippen LogP contribution is -2.98. The van der Waals surface area contributed by atoms with Crippen LogP contribution in [0, 0.1) is 29.6 Å². The van der Waals surface area contributed by atoms with Gasteiger partial charge in [0.2, 0.25) is 0 Å². The molecule has 4 aliphatic carbocycles. The first-order valence-corrected chi connectivity index (χ1v) is 8.16. The topological polar surface area (TPSA) is 48.9 Å². The van der Waals surface area contributed by atoms with Crippen LogP contribution in [0.25, 0.3) is 0 Å². The molecular weight excluding hydrogens is 278 g/mol. The van der Waals surface area contributed by atoms with Gasteiger partial charge < -0.3 is 0 Å². The average molecular weight is 293 g/mol. The molecule has 5 heteroatoms. The molecule has 4 fully saturated rings. The molecule has 0 unspecified atom stereocenters. The molecular formula is C17H15N3O2. The summed E-state index contributed by atoms with van der Waals surface area (Å²) in [5.74, 6) is 3.21. The third-order valence-corrected chi connectivity index (χ3v) is 7.87. The van der Waals surface area contributed by atoms with Crippen molar-refractivity contribution in [3.8, 4) is 0 Å². The molecule has 1 aromatic carbocycles. The first-order chi connectivity index (χ1) is 10.7. The van der Waals surface area contributed by atoms with Crippen LogP contribution in [-0.2, 0) is 12.5 Å². The lowest BCUT2D eigenvalue weighted by molar-refractivity contribution is -0.470. The van der Waals surface area contributed by atoms with E-state index >= 15 is 0 Å². The van der Waals surface area contributed by atoms with Crippen LogP contribution >= 0.6 is 0 Å². The fourth-order valence-corrected chi connectivity index (χ4v) is 7.54. The molecule has 0 spiro atoms. The van der Waals surface area contributed by atoms with Crippen molar-refractivity contribution in [3.05, 3.63) is 56.9 Å². The standard InChI is InChI=1S/C17H15N3O2/c1-18-15(21)19-13-8-10-9(13)12-14(20(19)16(18)22)11(8)17(10,12)7-5-3-2-4-6-7/h2-6,8-14H,1H3/t8-,9-,10?,11+,12+,13?,14?,17?/m1/s1. The first-order valence-electron chi connectivity index (χ1n) is 8.16. The van der Waals surface area contributed by atoms with Gasteiger partial charge in [-0.3, -0.25) is 0 Å². The Labute approximate surface area is 125 Å². The van der Waals surface area contributed by atoms with Crippen LogP contribution in [0.4, 0.5) is 0 Å². The quantitative estimate of drug-likeness (QED) is 0.769. The van der Waals surface area contributed by atoms with E-state index in [9.17, 15) is 9.59 Å². The third kappa shape index (κ3) is 0.638. The Morgan fingerprint density at radius 1 is 0.864 bits per heavy atom. The molecule has 3 heterocycles. The van der Waals surface area contributed by atoms with Gasteiger partial charge in [0.25, 0.3) is 0 Å². The Morgan fingerprint density at radius 2 is 1.45 bits per heavy atom. The zero-order valence-electron chi connectivity index (χ0n) is 12.1. The molecule has 110 valence electrons. The summed E-state index contributed by atoms with van der Waals surface area (Å²) in [6.45, 7) is 0. The zero-order valence-corrected chi connectivity index (χ0v) is 12.1. The van der Waals surface area contributed by atoms with Gasteiger partial charge in [0, 0.05) is 12.5 Å². The van der Waals surface area contributed by atoms with Crippen LogP contribution in [0.3, 0.4) is 0 Å². The number of nitrogens with zero attached hydrogens (tertiary/aromatic N) is 3. The molecule has 2 aromatic rings. The molecule has 2 aliphatic heterocycles. The lowest BCUT2D eigenvalue weighted by atomic mass is 9.09. The number of rotatable bonds is 1. The summed E-state index contributed by atoms with van der Waals surface area (Å²) in [4.78, 5) is 24.8. The van der Waals surface area contributed by atoms with Crippen LogP contribution in [0.2, 0.25) is 0 Å². The summed E-state index contributed by atoms with van der Waals surface area (Å²) >= 11 is 0. The van der Waals surface area contributed by atoms with Crippen LogP contribution in [-0.4, -0.2) is 13.9 Å². The van der Waals surface area contributed by atoms with E-state index in [4.69, 9.17) is 0 Å². The minimum atomic E-state index is -0.117. The van der Waals surface area contributed by atoms with E-state index in [1.54, 1.807) is 11.7 Å². The zero-order chi connectivity index (χ0) is 14.5. The molecule has 1 aromatic heterocycles. The van der Waals surface area contributed by atoms with Crippen molar-refractivity contribution in [2.24, 2.45) is 36.6 Å². The molecule has 6 aliphatic rings. The molecule has 0 N–H and O–H groups in total. The van der Waals surface area contributed by atoms with Gasteiger partial charge in [-0.25, -0.2) is 23.5 Å². The summed E-state index contributed by atoms with van der Waals surface area (Å²) < 4.78 is 4.91. The maximum Gasteiger partial charge on any atom is 0.347 e. The molecule has 2 bridgehead atoms. The fourth-order valence-electron chi connectivity index (χ4n) is 7.54. The van der Waals surface area contributed by atoms with Crippen LogP contribution < -0.4 is 11.4 Å². The van der Waals surface area contributed by atoms with E-state index in [1.165, 1.54) is 10.1 Å². The molecule has 22 heavy (non-hydrogen) atoms. The second-order valence-electron chi connectivity index (χ2n) is 7.83. The molecule has 0 amide bonds. The highest BCUT2D eigenvalue weighted by atomic mass is 16.2. The highest BCUT2D eigenvalue weighted by Crippen LogP contribution is 2.97. The predicted octanol–water partition coefficient (Wildman–Crippen LogP) is 0.518. The van der Waals surface area contributed by atoms with Crippen molar-refractivity contribution >= 4 is 0 Å². The van der Waals surface area contributed by atoms with Crippen molar-refractivity contribution in [2.75, 3.05) is 0 Å². The second-order valence-corrected chi connectivity index (χ2v) is 7.83. The first kappa shape index (κ1) is 10.6. The van der Waals surface area contributed by atoms with Crippen molar-refractivity contribution in [1.29, 1.82) is 0 Å². The number of hydrogen-bond donors (Lipinski definition) is 0. The third-order valence-electron chi connectivity index (χ3n) is 7.87. The maximum atomic E-state index is 12.5. The summed E-state index contributed by atoms with van der Waals surface area (Å²) in [7, 11) is 1.61. The molecule has 8 rings (SSSR count). The lowest BCUT2D eigenvalue weighted by Gasteiger charge is -2.97. The largest absolute Gasteiger partial charge is 0.347 e. The summed E-state index contributed by atoms with van der Waals surface area (Å²) in [5, 5.41) is 0. The molecule has 4 saturated carbocycles. The monoisotopic (exact) mass is 293 g/mol. The van der Waals surface area contributed by atoms with Gasteiger partial charge >= 0.3 is 11.4 Å². The molecule has 5 nitrogen and oxygen atoms in total. The summed E-state index contributed by atoms with van der Waals surface area (Å²) in [6.07, 6.45) is 0. The number of benzene rings is 1. The van der Waals surface area contributed by atoms with Gasteiger partial charge in [-0.1, -0.05) is 30.3 Å². The number of aromatic nitrogens is 3. The van der Waals surface area contributed by atoms with E-state index in [1.807, 2.05) is 4.68 Å². The van der Waals surface area contributed by atoms with Crippen molar-refractivity contribution in [2.45, 2.75) is 17.5 Å².